The fourth-order valence-electron chi connectivity index (χ4n) is 2.61. The number of aryl methyl sites for hydroxylation is 1. The third-order valence-corrected chi connectivity index (χ3v) is 4.04. The van der Waals surface area contributed by atoms with Crippen molar-refractivity contribution in [2.24, 2.45) is 0 Å². The van der Waals surface area contributed by atoms with E-state index in [4.69, 9.17) is 0 Å². The summed E-state index contributed by atoms with van der Waals surface area (Å²) in [6, 6.07) is 11.1. The summed E-state index contributed by atoms with van der Waals surface area (Å²) in [5.74, 6) is 0.395. The maximum Gasteiger partial charge on any atom is 0.0387 e. The van der Waals surface area contributed by atoms with E-state index in [1.165, 1.54) is 16.7 Å². The second-order valence-corrected chi connectivity index (χ2v) is 6.08. The molecule has 0 spiro atoms. The minimum absolute atomic E-state index is 0.304. The molecule has 3 heteroatoms. The Bertz CT molecular complexity index is 534. The number of pyridine rings is 1. The lowest BCUT2D eigenvalue weighted by atomic mass is 9.88. The molecule has 0 fully saturated rings. The van der Waals surface area contributed by atoms with E-state index in [0.29, 0.717) is 12.0 Å². The highest BCUT2D eigenvalue weighted by Gasteiger charge is 2.20. The number of benzene rings is 1. The SMILES string of the molecule is CCNC(c1cc(C)cc(Br)c1)C(C)c1ccncc1. The van der Waals surface area contributed by atoms with Crippen molar-refractivity contribution in [2.45, 2.75) is 32.7 Å². The van der Waals surface area contributed by atoms with Crippen LogP contribution >= 0.6 is 15.9 Å². The molecular weight excluding hydrogens is 312 g/mol. The molecule has 2 aromatic rings. The summed E-state index contributed by atoms with van der Waals surface area (Å²) in [7, 11) is 0. The number of rotatable bonds is 5. The molecule has 1 aromatic carbocycles. The van der Waals surface area contributed by atoms with E-state index in [-0.39, 0.29) is 0 Å². The predicted octanol–water partition coefficient (Wildman–Crippen LogP) is 4.61. The lowest BCUT2D eigenvalue weighted by Gasteiger charge is -2.26. The molecule has 2 rings (SSSR count). The summed E-state index contributed by atoms with van der Waals surface area (Å²) in [5, 5.41) is 3.61. The Morgan fingerprint density at radius 1 is 1.15 bits per heavy atom. The first-order valence-electron chi connectivity index (χ1n) is 7.02. The van der Waals surface area contributed by atoms with Crippen molar-refractivity contribution in [3.8, 4) is 0 Å². The summed E-state index contributed by atoms with van der Waals surface area (Å²) < 4.78 is 1.14. The van der Waals surface area contributed by atoms with Crippen LogP contribution < -0.4 is 5.32 Å². The van der Waals surface area contributed by atoms with Crippen LogP contribution in [0.3, 0.4) is 0 Å². The molecule has 0 saturated heterocycles. The van der Waals surface area contributed by atoms with Gasteiger partial charge in [0, 0.05) is 28.8 Å². The van der Waals surface area contributed by atoms with Gasteiger partial charge < -0.3 is 5.32 Å². The van der Waals surface area contributed by atoms with Crippen LogP contribution in [0.15, 0.2) is 47.2 Å². The molecule has 1 heterocycles. The molecule has 2 atom stereocenters. The topological polar surface area (TPSA) is 24.9 Å². The maximum absolute atomic E-state index is 4.11. The normalized spacial score (nSPS) is 14.0. The van der Waals surface area contributed by atoms with Gasteiger partial charge in [0.1, 0.15) is 0 Å². The van der Waals surface area contributed by atoms with E-state index in [2.05, 4.69) is 77.3 Å². The molecule has 20 heavy (non-hydrogen) atoms. The average molecular weight is 333 g/mol. The number of nitrogens with one attached hydrogen (secondary N) is 1. The van der Waals surface area contributed by atoms with Gasteiger partial charge in [0.25, 0.3) is 0 Å². The minimum Gasteiger partial charge on any atom is -0.310 e. The maximum atomic E-state index is 4.11. The number of likely N-dealkylation sites (N-methyl/N-ethyl adjacent to an activating group) is 1. The summed E-state index contributed by atoms with van der Waals surface area (Å²) in [4.78, 5) is 4.11. The molecular formula is C17H21BrN2. The molecule has 0 aliphatic heterocycles. The van der Waals surface area contributed by atoms with Crippen molar-refractivity contribution >= 4 is 15.9 Å². The molecule has 0 bridgehead atoms. The summed E-state index contributed by atoms with van der Waals surface area (Å²) in [6.45, 7) is 7.50. The van der Waals surface area contributed by atoms with Crippen molar-refractivity contribution in [3.05, 3.63) is 63.9 Å². The Kier molecular flexibility index (Phi) is 5.32. The van der Waals surface area contributed by atoms with Gasteiger partial charge in [-0.05, 0) is 54.4 Å². The van der Waals surface area contributed by atoms with Crippen molar-refractivity contribution in [2.75, 3.05) is 6.54 Å². The van der Waals surface area contributed by atoms with E-state index < -0.39 is 0 Å². The van der Waals surface area contributed by atoms with Crippen LogP contribution in [0.4, 0.5) is 0 Å². The smallest absolute Gasteiger partial charge is 0.0387 e. The van der Waals surface area contributed by atoms with Crippen molar-refractivity contribution < 1.29 is 0 Å². The molecule has 0 amide bonds. The Morgan fingerprint density at radius 3 is 2.45 bits per heavy atom. The predicted molar refractivity (Wildman–Crippen MR) is 87.9 cm³/mol. The Morgan fingerprint density at radius 2 is 1.85 bits per heavy atom. The first kappa shape index (κ1) is 15.2. The highest BCUT2D eigenvalue weighted by atomic mass is 79.9. The van der Waals surface area contributed by atoms with Gasteiger partial charge in [-0.1, -0.05) is 35.8 Å². The standard InChI is InChI=1S/C17H21BrN2/c1-4-20-17(13(3)14-5-7-19-8-6-14)15-9-12(2)10-16(18)11-15/h5-11,13,17,20H,4H2,1-3H3. The summed E-state index contributed by atoms with van der Waals surface area (Å²) >= 11 is 3.60. The van der Waals surface area contributed by atoms with Gasteiger partial charge in [0.05, 0.1) is 0 Å². The van der Waals surface area contributed by atoms with Gasteiger partial charge >= 0.3 is 0 Å². The van der Waals surface area contributed by atoms with E-state index in [1.807, 2.05) is 12.4 Å². The van der Waals surface area contributed by atoms with Crippen molar-refractivity contribution in [1.29, 1.82) is 0 Å². The van der Waals surface area contributed by atoms with E-state index in [9.17, 15) is 0 Å². The molecule has 0 aliphatic rings. The summed E-state index contributed by atoms with van der Waals surface area (Å²) in [6.07, 6.45) is 3.72. The van der Waals surface area contributed by atoms with Gasteiger partial charge in [-0.3, -0.25) is 4.98 Å². The van der Waals surface area contributed by atoms with Crippen LogP contribution in [-0.4, -0.2) is 11.5 Å². The minimum atomic E-state index is 0.304. The third-order valence-electron chi connectivity index (χ3n) is 3.58. The largest absolute Gasteiger partial charge is 0.310 e. The zero-order chi connectivity index (χ0) is 14.5. The van der Waals surface area contributed by atoms with Crippen molar-refractivity contribution in [1.82, 2.24) is 10.3 Å². The van der Waals surface area contributed by atoms with Gasteiger partial charge in [0.2, 0.25) is 0 Å². The molecule has 0 saturated carbocycles. The fraction of sp³-hybridized carbons (Fsp3) is 0.353. The molecule has 106 valence electrons. The van der Waals surface area contributed by atoms with Gasteiger partial charge in [-0.15, -0.1) is 0 Å². The number of hydrogen-bond acceptors (Lipinski definition) is 2. The average Bonchev–Trinajstić information content (AvgIpc) is 2.44. The Labute approximate surface area is 129 Å². The number of aromatic nitrogens is 1. The quantitative estimate of drug-likeness (QED) is 0.864. The van der Waals surface area contributed by atoms with E-state index in [1.54, 1.807) is 0 Å². The molecule has 0 radical (unpaired) electrons. The van der Waals surface area contributed by atoms with Crippen molar-refractivity contribution in [3.63, 3.8) is 0 Å². The van der Waals surface area contributed by atoms with Gasteiger partial charge in [-0.25, -0.2) is 0 Å². The second-order valence-electron chi connectivity index (χ2n) is 5.17. The lowest BCUT2D eigenvalue weighted by Crippen LogP contribution is -2.26. The van der Waals surface area contributed by atoms with Crippen LogP contribution in [0.2, 0.25) is 0 Å². The van der Waals surface area contributed by atoms with Crippen LogP contribution in [0.25, 0.3) is 0 Å². The second kappa shape index (κ2) is 7.00. The monoisotopic (exact) mass is 332 g/mol. The first-order chi connectivity index (χ1) is 9.61. The molecule has 1 aromatic heterocycles. The molecule has 2 unspecified atom stereocenters. The third kappa shape index (κ3) is 3.68. The highest BCUT2D eigenvalue weighted by Crippen LogP contribution is 2.32. The van der Waals surface area contributed by atoms with Crippen LogP contribution in [-0.2, 0) is 0 Å². The van der Waals surface area contributed by atoms with Gasteiger partial charge in [0.15, 0.2) is 0 Å². The highest BCUT2D eigenvalue weighted by molar-refractivity contribution is 9.10. The first-order valence-corrected chi connectivity index (χ1v) is 7.81. The zero-order valence-electron chi connectivity index (χ0n) is 12.2. The van der Waals surface area contributed by atoms with Crippen LogP contribution in [0, 0.1) is 6.92 Å². The van der Waals surface area contributed by atoms with E-state index in [0.717, 1.165) is 11.0 Å². The Hall–Kier alpha value is -1.19. The number of halogens is 1. The number of nitrogens with zero attached hydrogens (tertiary/aromatic N) is 1. The van der Waals surface area contributed by atoms with Gasteiger partial charge in [-0.2, -0.15) is 0 Å². The Balaban J connectivity index is 2.35. The van der Waals surface area contributed by atoms with Crippen LogP contribution in [0.1, 0.15) is 42.5 Å². The number of hydrogen-bond donors (Lipinski definition) is 1. The van der Waals surface area contributed by atoms with Crippen LogP contribution in [0.5, 0.6) is 0 Å². The fourth-order valence-corrected chi connectivity index (χ4v) is 3.23. The molecule has 0 aliphatic carbocycles. The molecule has 1 N–H and O–H groups in total. The molecule has 2 nitrogen and oxygen atoms in total. The lowest BCUT2D eigenvalue weighted by molar-refractivity contribution is 0.478. The summed E-state index contributed by atoms with van der Waals surface area (Å²) in [5.41, 5.74) is 3.91. The van der Waals surface area contributed by atoms with E-state index >= 15 is 0 Å². The zero-order valence-corrected chi connectivity index (χ0v) is 13.8.